The third-order valence-electron chi connectivity index (χ3n) is 2.65. The summed E-state index contributed by atoms with van der Waals surface area (Å²) in [5.41, 5.74) is 0.639. The fraction of sp³-hybridized carbons (Fsp3) is 0.600. The van der Waals surface area contributed by atoms with E-state index in [-0.39, 0.29) is 11.8 Å². The highest BCUT2D eigenvalue weighted by Crippen LogP contribution is 2.42. The summed E-state index contributed by atoms with van der Waals surface area (Å²) < 4.78 is 10.6. The van der Waals surface area contributed by atoms with Crippen LogP contribution < -0.4 is 0 Å². The lowest BCUT2D eigenvalue weighted by atomic mass is 10.0. The molecule has 0 bridgehead atoms. The summed E-state index contributed by atoms with van der Waals surface area (Å²) >= 11 is 0. The zero-order valence-corrected chi connectivity index (χ0v) is 8.25. The molecule has 0 saturated carbocycles. The van der Waals surface area contributed by atoms with E-state index in [4.69, 9.17) is 9.47 Å². The molecule has 1 spiro atoms. The number of ketones is 1. The van der Waals surface area contributed by atoms with Crippen LogP contribution in [0, 0.1) is 0 Å². The van der Waals surface area contributed by atoms with Gasteiger partial charge in [0.1, 0.15) is 5.76 Å². The van der Waals surface area contributed by atoms with Crippen LogP contribution >= 0.6 is 0 Å². The van der Waals surface area contributed by atoms with Gasteiger partial charge in [-0.25, -0.2) is 0 Å². The van der Waals surface area contributed by atoms with Crippen molar-refractivity contribution in [1.29, 1.82) is 0 Å². The molecule has 0 aromatic rings. The minimum atomic E-state index is -0.859. The van der Waals surface area contributed by atoms with E-state index >= 15 is 0 Å². The lowest BCUT2D eigenvalue weighted by Crippen LogP contribution is -2.27. The first-order chi connectivity index (χ1) is 6.52. The van der Waals surface area contributed by atoms with Gasteiger partial charge in [0.25, 0.3) is 5.79 Å². The van der Waals surface area contributed by atoms with Crippen molar-refractivity contribution in [2.45, 2.75) is 38.9 Å². The number of rotatable bonds is 1. The molecule has 0 aliphatic carbocycles. The zero-order chi connectivity index (χ0) is 10.3. The first-order valence-electron chi connectivity index (χ1n) is 4.64. The molecule has 0 radical (unpaired) electrons. The van der Waals surface area contributed by atoms with Gasteiger partial charge in [0.2, 0.25) is 0 Å². The molecular weight excluding hydrogens is 184 g/mol. The Morgan fingerprint density at radius 3 is 2.57 bits per heavy atom. The first-order valence-corrected chi connectivity index (χ1v) is 4.64. The van der Waals surface area contributed by atoms with Crippen LogP contribution in [0.5, 0.6) is 0 Å². The highest BCUT2D eigenvalue weighted by molar-refractivity contribution is 5.94. The Labute approximate surface area is 81.9 Å². The molecular formula is C10H12O4. The predicted molar refractivity (Wildman–Crippen MR) is 47.1 cm³/mol. The van der Waals surface area contributed by atoms with Crippen molar-refractivity contribution in [3.63, 3.8) is 0 Å². The summed E-state index contributed by atoms with van der Waals surface area (Å²) in [6, 6.07) is 0. The summed E-state index contributed by atoms with van der Waals surface area (Å²) in [4.78, 5) is 22.2. The molecule has 2 aliphatic heterocycles. The summed E-state index contributed by atoms with van der Waals surface area (Å²) in [5.74, 6) is -0.528. The third kappa shape index (κ3) is 1.31. The highest BCUT2D eigenvalue weighted by Gasteiger charge is 2.48. The number of Topliss-reactive ketones (excluding diaryl/α,β-unsaturated/α-hetero) is 1. The molecule has 76 valence electrons. The lowest BCUT2D eigenvalue weighted by Gasteiger charge is -2.21. The molecule has 4 heteroatoms. The smallest absolute Gasteiger partial charge is 0.309 e. The number of carbonyl (C=O) groups excluding carboxylic acids is 2. The third-order valence-corrected chi connectivity index (χ3v) is 2.65. The number of hydrogen-bond donors (Lipinski definition) is 0. The Bertz CT molecular complexity index is 342. The zero-order valence-electron chi connectivity index (χ0n) is 8.25. The van der Waals surface area contributed by atoms with Gasteiger partial charge < -0.3 is 9.47 Å². The van der Waals surface area contributed by atoms with Crippen LogP contribution in [0.2, 0.25) is 0 Å². The first kappa shape index (κ1) is 9.24. The topological polar surface area (TPSA) is 52.6 Å². The van der Waals surface area contributed by atoms with E-state index in [1.54, 1.807) is 6.92 Å². The number of esters is 1. The van der Waals surface area contributed by atoms with Gasteiger partial charge in [0.05, 0.1) is 12.8 Å². The van der Waals surface area contributed by atoms with E-state index < -0.39 is 5.79 Å². The van der Waals surface area contributed by atoms with E-state index in [0.29, 0.717) is 30.6 Å². The molecule has 2 heterocycles. The second kappa shape index (κ2) is 2.83. The quantitative estimate of drug-likeness (QED) is 0.593. The van der Waals surface area contributed by atoms with Crippen LogP contribution in [0.1, 0.15) is 33.1 Å². The van der Waals surface area contributed by atoms with E-state index in [1.165, 1.54) is 6.92 Å². The predicted octanol–water partition coefficient (Wildman–Crippen LogP) is 1.30. The standard InChI is InChI=1S/C10H12O4/c1-6(11)8-5-10(13-7(8)2)4-3-9(12)14-10/h3-5H2,1-2H3. The molecule has 2 aliphatic rings. The van der Waals surface area contributed by atoms with Crippen molar-refractivity contribution in [2.75, 3.05) is 0 Å². The number of allylic oxidation sites excluding steroid dienone is 1. The maximum absolute atomic E-state index is 11.2. The van der Waals surface area contributed by atoms with Gasteiger partial charge in [-0.05, 0) is 13.8 Å². The number of ether oxygens (including phenoxy) is 2. The average Bonchev–Trinajstić information content (AvgIpc) is 2.57. The van der Waals surface area contributed by atoms with Crippen molar-refractivity contribution in [1.82, 2.24) is 0 Å². The lowest BCUT2D eigenvalue weighted by molar-refractivity contribution is -0.187. The Morgan fingerprint density at radius 1 is 1.43 bits per heavy atom. The molecule has 2 rings (SSSR count). The summed E-state index contributed by atoms with van der Waals surface area (Å²) in [6.07, 6.45) is 1.32. The van der Waals surface area contributed by atoms with E-state index in [1.807, 2.05) is 0 Å². The maximum atomic E-state index is 11.2. The number of hydrogen-bond acceptors (Lipinski definition) is 4. The molecule has 4 nitrogen and oxygen atoms in total. The molecule has 14 heavy (non-hydrogen) atoms. The van der Waals surface area contributed by atoms with Gasteiger partial charge in [-0.3, -0.25) is 9.59 Å². The van der Waals surface area contributed by atoms with Crippen molar-refractivity contribution in [3.8, 4) is 0 Å². The average molecular weight is 196 g/mol. The van der Waals surface area contributed by atoms with Crippen molar-refractivity contribution in [3.05, 3.63) is 11.3 Å². The van der Waals surface area contributed by atoms with E-state index in [2.05, 4.69) is 0 Å². The molecule has 1 unspecified atom stereocenters. The Morgan fingerprint density at radius 2 is 2.14 bits per heavy atom. The number of carbonyl (C=O) groups is 2. The molecule has 0 aromatic heterocycles. The fourth-order valence-corrected chi connectivity index (χ4v) is 1.94. The molecule has 0 N–H and O–H groups in total. The summed E-state index contributed by atoms with van der Waals surface area (Å²) in [7, 11) is 0. The van der Waals surface area contributed by atoms with Gasteiger partial charge in [0.15, 0.2) is 5.78 Å². The van der Waals surface area contributed by atoms with Crippen LogP contribution in [-0.4, -0.2) is 17.5 Å². The fourth-order valence-electron chi connectivity index (χ4n) is 1.94. The van der Waals surface area contributed by atoms with Crippen LogP contribution in [0.15, 0.2) is 11.3 Å². The molecule has 0 amide bonds. The van der Waals surface area contributed by atoms with Crippen LogP contribution in [-0.2, 0) is 19.1 Å². The normalized spacial score (nSPS) is 30.9. The molecule has 0 aromatic carbocycles. The second-order valence-electron chi connectivity index (χ2n) is 3.75. The van der Waals surface area contributed by atoms with Gasteiger partial charge in [-0.2, -0.15) is 0 Å². The monoisotopic (exact) mass is 196 g/mol. The van der Waals surface area contributed by atoms with Crippen molar-refractivity contribution >= 4 is 11.8 Å². The van der Waals surface area contributed by atoms with Crippen molar-refractivity contribution in [2.24, 2.45) is 0 Å². The van der Waals surface area contributed by atoms with E-state index in [0.717, 1.165) is 0 Å². The largest absolute Gasteiger partial charge is 0.456 e. The highest BCUT2D eigenvalue weighted by atomic mass is 16.7. The molecule has 1 saturated heterocycles. The second-order valence-corrected chi connectivity index (χ2v) is 3.75. The Hall–Kier alpha value is -1.32. The van der Waals surface area contributed by atoms with Crippen molar-refractivity contribution < 1.29 is 19.1 Å². The SMILES string of the molecule is CC(=O)C1=C(C)OC2(CCC(=O)O2)C1. The van der Waals surface area contributed by atoms with Gasteiger partial charge in [-0.1, -0.05) is 0 Å². The molecule has 1 fully saturated rings. The Balaban J connectivity index is 2.18. The summed E-state index contributed by atoms with van der Waals surface area (Å²) in [6.45, 7) is 3.23. The van der Waals surface area contributed by atoms with E-state index in [9.17, 15) is 9.59 Å². The minimum Gasteiger partial charge on any atom is -0.456 e. The van der Waals surface area contributed by atoms with Gasteiger partial charge >= 0.3 is 5.97 Å². The maximum Gasteiger partial charge on any atom is 0.309 e. The summed E-state index contributed by atoms with van der Waals surface area (Å²) in [5, 5.41) is 0. The van der Waals surface area contributed by atoms with Crippen LogP contribution in [0.25, 0.3) is 0 Å². The van der Waals surface area contributed by atoms with Crippen LogP contribution in [0.4, 0.5) is 0 Å². The molecule has 1 atom stereocenters. The van der Waals surface area contributed by atoms with Gasteiger partial charge in [-0.15, -0.1) is 0 Å². The van der Waals surface area contributed by atoms with Crippen LogP contribution in [0.3, 0.4) is 0 Å². The van der Waals surface area contributed by atoms with Gasteiger partial charge in [0, 0.05) is 12.0 Å². The minimum absolute atomic E-state index is 0.0117. The Kier molecular flexibility index (Phi) is 1.87.